The van der Waals surface area contributed by atoms with Crippen molar-refractivity contribution in [2.75, 3.05) is 31.1 Å². The van der Waals surface area contributed by atoms with Crippen LogP contribution in [-0.2, 0) is 6.61 Å². The Kier molecular flexibility index (Phi) is 2.94. The van der Waals surface area contributed by atoms with Gasteiger partial charge in [-0.05, 0) is 19.4 Å². The Morgan fingerprint density at radius 3 is 2.94 bits per heavy atom. The lowest BCUT2D eigenvalue weighted by molar-refractivity contribution is 0.230. The van der Waals surface area contributed by atoms with Crippen molar-refractivity contribution in [3.8, 4) is 0 Å². The molecule has 1 unspecified atom stereocenters. The highest BCUT2D eigenvalue weighted by molar-refractivity contribution is 5.37. The maximum atomic E-state index is 8.94. The van der Waals surface area contributed by atoms with Crippen LogP contribution in [0, 0.1) is 0 Å². The molecule has 1 aromatic heterocycles. The van der Waals surface area contributed by atoms with Crippen molar-refractivity contribution in [1.82, 2.24) is 14.9 Å². The minimum Gasteiger partial charge on any atom is -0.390 e. The molecule has 17 heavy (non-hydrogen) atoms. The first kappa shape index (κ1) is 10.9. The number of fused-ring (bicyclic) bond motifs is 1. The molecule has 2 fully saturated rings. The maximum Gasteiger partial charge on any atom is 0.147 e. The number of aromatic nitrogens is 2. The molecule has 0 aliphatic carbocycles. The Balaban J connectivity index is 1.71. The second-order valence-corrected chi connectivity index (χ2v) is 4.80. The van der Waals surface area contributed by atoms with E-state index in [9.17, 15) is 0 Å². The van der Waals surface area contributed by atoms with Gasteiger partial charge in [0.05, 0.1) is 24.7 Å². The van der Waals surface area contributed by atoms with Crippen LogP contribution in [0.1, 0.15) is 18.5 Å². The lowest BCUT2D eigenvalue weighted by Gasteiger charge is -2.37. The van der Waals surface area contributed by atoms with Gasteiger partial charge in [0.15, 0.2) is 0 Å². The molecule has 0 aromatic carbocycles. The fourth-order valence-corrected chi connectivity index (χ4v) is 2.79. The molecule has 0 spiro atoms. The zero-order valence-corrected chi connectivity index (χ0v) is 9.92. The summed E-state index contributed by atoms with van der Waals surface area (Å²) in [5, 5.41) is 8.94. The number of rotatable bonds is 2. The summed E-state index contributed by atoms with van der Waals surface area (Å²) in [5.41, 5.74) is 0.633. The van der Waals surface area contributed by atoms with Crippen LogP contribution in [0.25, 0.3) is 0 Å². The zero-order valence-electron chi connectivity index (χ0n) is 9.92. The van der Waals surface area contributed by atoms with E-state index in [2.05, 4.69) is 19.8 Å². The van der Waals surface area contributed by atoms with E-state index in [1.54, 1.807) is 12.4 Å². The van der Waals surface area contributed by atoms with E-state index in [0.29, 0.717) is 11.7 Å². The smallest absolute Gasteiger partial charge is 0.147 e. The molecule has 1 N–H and O–H groups in total. The summed E-state index contributed by atoms with van der Waals surface area (Å²) < 4.78 is 0. The third kappa shape index (κ3) is 2.12. The topological polar surface area (TPSA) is 52.5 Å². The first-order valence-corrected chi connectivity index (χ1v) is 6.27. The van der Waals surface area contributed by atoms with Gasteiger partial charge in [0, 0.05) is 25.7 Å². The van der Waals surface area contributed by atoms with Gasteiger partial charge >= 0.3 is 0 Å². The summed E-state index contributed by atoms with van der Waals surface area (Å²) in [4.78, 5) is 13.4. The SMILES string of the molecule is OCc1cnc(N2CCN3CCCC3C2)cn1. The summed E-state index contributed by atoms with van der Waals surface area (Å²) in [6.45, 7) is 4.45. The Morgan fingerprint density at radius 2 is 2.18 bits per heavy atom. The minimum absolute atomic E-state index is 0.0380. The van der Waals surface area contributed by atoms with Gasteiger partial charge in [-0.2, -0.15) is 0 Å². The lowest BCUT2D eigenvalue weighted by Crippen LogP contribution is -2.50. The van der Waals surface area contributed by atoms with Crippen molar-refractivity contribution >= 4 is 5.82 Å². The van der Waals surface area contributed by atoms with Gasteiger partial charge in [0.2, 0.25) is 0 Å². The first-order chi connectivity index (χ1) is 8.36. The summed E-state index contributed by atoms with van der Waals surface area (Å²) in [7, 11) is 0. The highest BCUT2D eigenvalue weighted by Crippen LogP contribution is 2.23. The standard InChI is InChI=1S/C12H18N4O/c17-9-10-6-14-12(7-13-10)16-5-4-15-3-1-2-11(15)8-16/h6-7,11,17H,1-5,8-9H2. The van der Waals surface area contributed by atoms with Crippen molar-refractivity contribution in [1.29, 1.82) is 0 Å². The van der Waals surface area contributed by atoms with E-state index in [1.807, 2.05) is 0 Å². The molecule has 5 nitrogen and oxygen atoms in total. The summed E-state index contributed by atoms with van der Waals surface area (Å²) in [5.74, 6) is 0.939. The molecule has 0 saturated carbocycles. The van der Waals surface area contributed by atoms with Crippen LogP contribution < -0.4 is 4.90 Å². The second-order valence-electron chi connectivity index (χ2n) is 4.80. The normalized spacial score (nSPS) is 25.0. The zero-order chi connectivity index (χ0) is 11.7. The average Bonchev–Trinajstić information content (AvgIpc) is 2.86. The molecule has 2 saturated heterocycles. The molecule has 3 rings (SSSR count). The highest BCUT2D eigenvalue weighted by Gasteiger charge is 2.30. The summed E-state index contributed by atoms with van der Waals surface area (Å²) in [6, 6.07) is 0.697. The Bertz CT molecular complexity index is 381. The van der Waals surface area contributed by atoms with Crippen LogP contribution in [-0.4, -0.2) is 52.2 Å². The van der Waals surface area contributed by atoms with Crippen molar-refractivity contribution in [3.05, 3.63) is 18.1 Å². The van der Waals surface area contributed by atoms with Crippen LogP contribution in [0.3, 0.4) is 0 Å². The molecule has 0 bridgehead atoms. The Morgan fingerprint density at radius 1 is 1.24 bits per heavy atom. The van der Waals surface area contributed by atoms with Crippen LogP contribution in [0.15, 0.2) is 12.4 Å². The van der Waals surface area contributed by atoms with Crippen LogP contribution >= 0.6 is 0 Å². The number of hydrogen-bond donors (Lipinski definition) is 1. The van der Waals surface area contributed by atoms with E-state index >= 15 is 0 Å². The van der Waals surface area contributed by atoms with Crippen molar-refractivity contribution in [2.24, 2.45) is 0 Å². The molecule has 0 amide bonds. The number of anilines is 1. The summed E-state index contributed by atoms with van der Waals surface area (Å²) >= 11 is 0. The van der Waals surface area contributed by atoms with Crippen molar-refractivity contribution in [3.63, 3.8) is 0 Å². The molecular formula is C12H18N4O. The summed E-state index contributed by atoms with van der Waals surface area (Å²) in [6.07, 6.45) is 6.07. The second kappa shape index (κ2) is 4.58. The van der Waals surface area contributed by atoms with Gasteiger partial charge in [-0.1, -0.05) is 0 Å². The molecule has 0 radical (unpaired) electrons. The van der Waals surface area contributed by atoms with Crippen molar-refractivity contribution < 1.29 is 5.11 Å². The van der Waals surface area contributed by atoms with Crippen LogP contribution in [0.5, 0.6) is 0 Å². The monoisotopic (exact) mass is 234 g/mol. The van der Waals surface area contributed by atoms with Gasteiger partial charge in [-0.15, -0.1) is 0 Å². The lowest BCUT2D eigenvalue weighted by atomic mass is 10.1. The third-order valence-electron chi connectivity index (χ3n) is 3.77. The van der Waals surface area contributed by atoms with Crippen LogP contribution in [0.2, 0.25) is 0 Å². The Labute approximate surface area is 101 Å². The number of piperazine rings is 1. The molecule has 92 valence electrons. The largest absolute Gasteiger partial charge is 0.390 e. The predicted molar refractivity (Wildman–Crippen MR) is 64.8 cm³/mol. The quantitative estimate of drug-likeness (QED) is 0.795. The minimum atomic E-state index is -0.0380. The van der Waals surface area contributed by atoms with Crippen molar-refractivity contribution in [2.45, 2.75) is 25.5 Å². The van der Waals surface area contributed by atoms with E-state index in [4.69, 9.17) is 5.11 Å². The van der Waals surface area contributed by atoms with Gasteiger partial charge in [0.25, 0.3) is 0 Å². The first-order valence-electron chi connectivity index (χ1n) is 6.27. The predicted octanol–water partition coefficient (Wildman–Crippen LogP) is 0.253. The van der Waals surface area contributed by atoms with Gasteiger partial charge in [-0.3, -0.25) is 9.88 Å². The van der Waals surface area contributed by atoms with E-state index in [0.717, 1.165) is 25.5 Å². The molecular weight excluding hydrogens is 216 g/mol. The fraction of sp³-hybridized carbons (Fsp3) is 0.667. The fourth-order valence-electron chi connectivity index (χ4n) is 2.79. The molecule has 2 aliphatic rings. The molecule has 1 aromatic rings. The van der Waals surface area contributed by atoms with E-state index in [1.165, 1.54) is 19.4 Å². The van der Waals surface area contributed by atoms with E-state index in [-0.39, 0.29) is 6.61 Å². The maximum absolute atomic E-state index is 8.94. The van der Waals surface area contributed by atoms with Gasteiger partial charge < -0.3 is 10.0 Å². The number of nitrogens with zero attached hydrogens (tertiary/aromatic N) is 4. The molecule has 2 aliphatic heterocycles. The van der Waals surface area contributed by atoms with Crippen LogP contribution in [0.4, 0.5) is 5.82 Å². The van der Waals surface area contributed by atoms with Gasteiger partial charge in [-0.25, -0.2) is 4.98 Å². The number of hydrogen-bond acceptors (Lipinski definition) is 5. The highest BCUT2D eigenvalue weighted by atomic mass is 16.3. The number of aliphatic hydroxyl groups is 1. The van der Waals surface area contributed by atoms with E-state index < -0.39 is 0 Å². The molecule has 1 atom stereocenters. The third-order valence-corrected chi connectivity index (χ3v) is 3.77. The number of aliphatic hydroxyl groups excluding tert-OH is 1. The van der Waals surface area contributed by atoms with Gasteiger partial charge in [0.1, 0.15) is 5.82 Å². The molecule has 5 heteroatoms. The Hall–Kier alpha value is -1.20. The average molecular weight is 234 g/mol. The molecule has 3 heterocycles.